The van der Waals surface area contributed by atoms with Crippen molar-refractivity contribution in [1.82, 2.24) is 4.57 Å². The molecule has 1 aromatic heterocycles. The van der Waals surface area contributed by atoms with Gasteiger partial charge in [-0.3, -0.25) is 14.2 Å². The second kappa shape index (κ2) is 7.53. The second-order valence-electron chi connectivity index (χ2n) is 5.75. The van der Waals surface area contributed by atoms with E-state index in [1.807, 2.05) is 6.07 Å². The maximum Gasteiger partial charge on any atom is 0.271 e. The van der Waals surface area contributed by atoms with Gasteiger partial charge >= 0.3 is 0 Å². The van der Waals surface area contributed by atoms with Crippen molar-refractivity contribution < 1.29 is 14.6 Å². The summed E-state index contributed by atoms with van der Waals surface area (Å²) in [6.45, 7) is 4.52. The Morgan fingerprint density at radius 1 is 1.36 bits per heavy atom. The quantitative estimate of drug-likeness (QED) is 0.771. The van der Waals surface area contributed by atoms with Crippen molar-refractivity contribution in [3.05, 3.63) is 55.8 Å². The lowest BCUT2D eigenvalue weighted by atomic mass is 10.0. The number of nitrogens with zero attached hydrogens (tertiary/aromatic N) is 2. The zero-order valence-electron chi connectivity index (χ0n) is 14.0. The number of ether oxygens (including phenoxy) is 1. The Labute approximate surface area is 153 Å². The number of pyridine rings is 1. The van der Waals surface area contributed by atoms with Gasteiger partial charge in [-0.05, 0) is 50.6 Å². The summed E-state index contributed by atoms with van der Waals surface area (Å²) in [5.41, 5.74) is -0.676. The van der Waals surface area contributed by atoms with E-state index in [-0.39, 0.29) is 23.3 Å². The van der Waals surface area contributed by atoms with Crippen molar-refractivity contribution in [1.29, 1.82) is 5.26 Å². The average Bonchev–Trinajstić information content (AvgIpc) is 2.54. The Hall–Kier alpha value is -2.59. The number of hydrogen-bond acceptors (Lipinski definition) is 5. The zero-order valence-corrected chi connectivity index (χ0v) is 15.6. The minimum atomic E-state index is -0.613. The van der Waals surface area contributed by atoms with Gasteiger partial charge in [0.1, 0.15) is 17.4 Å². The Bertz CT molecular complexity index is 909. The fourth-order valence-corrected chi connectivity index (χ4v) is 2.75. The molecular formula is C18H17BrN2O4. The van der Waals surface area contributed by atoms with E-state index in [9.17, 15) is 20.0 Å². The molecule has 0 spiro atoms. The molecule has 0 atom stereocenters. The van der Waals surface area contributed by atoms with Crippen LogP contribution in [0, 0.1) is 18.3 Å². The third-order valence-electron chi connectivity index (χ3n) is 3.73. The van der Waals surface area contributed by atoms with Crippen LogP contribution in [0.5, 0.6) is 11.6 Å². The largest absolute Gasteiger partial charge is 0.494 e. The molecule has 1 N–H and O–H groups in total. The third kappa shape index (κ3) is 3.74. The van der Waals surface area contributed by atoms with Crippen molar-refractivity contribution in [2.45, 2.75) is 26.8 Å². The molecule has 0 amide bonds. The lowest BCUT2D eigenvalue weighted by Gasteiger charge is -2.18. The SMILES string of the molecule is Cc1c(C(=O)COc2ccc(Br)cc2)c(O)n(C(C)C)c(=O)c1C#N. The van der Waals surface area contributed by atoms with Gasteiger partial charge in [0.2, 0.25) is 11.7 Å². The lowest BCUT2D eigenvalue weighted by molar-refractivity contribution is 0.0916. The first-order valence-corrected chi connectivity index (χ1v) is 8.37. The first-order chi connectivity index (χ1) is 11.8. The van der Waals surface area contributed by atoms with Crippen molar-refractivity contribution in [3.8, 4) is 17.7 Å². The van der Waals surface area contributed by atoms with E-state index in [1.54, 1.807) is 38.1 Å². The number of hydrogen-bond donors (Lipinski definition) is 1. The highest BCUT2D eigenvalue weighted by molar-refractivity contribution is 9.10. The van der Waals surface area contributed by atoms with Crippen molar-refractivity contribution in [2.24, 2.45) is 0 Å². The van der Waals surface area contributed by atoms with E-state index in [2.05, 4.69) is 15.9 Å². The summed E-state index contributed by atoms with van der Waals surface area (Å²) < 4.78 is 7.36. The van der Waals surface area contributed by atoms with Crippen LogP contribution in [0.4, 0.5) is 0 Å². The lowest BCUT2D eigenvalue weighted by Crippen LogP contribution is -2.28. The summed E-state index contributed by atoms with van der Waals surface area (Å²) >= 11 is 3.31. The Morgan fingerprint density at radius 3 is 2.48 bits per heavy atom. The molecule has 130 valence electrons. The van der Waals surface area contributed by atoms with E-state index in [4.69, 9.17) is 4.74 Å². The highest BCUT2D eigenvalue weighted by atomic mass is 79.9. The number of nitriles is 1. The summed E-state index contributed by atoms with van der Waals surface area (Å²) in [5, 5.41) is 19.7. The number of ketones is 1. The number of benzene rings is 1. The molecule has 0 saturated carbocycles. The van der Waals surface area contributed by atoms with Crippen LogP contribution in [-0.4, -0.2) is 22.1 Å². The Morgan fingerprint density at radius 2 is 1.96 bits per heavy atom. The van der Waals surface area contributed by atoms with Gasteiger partial charge in [0, 0.05) is 10.5 Å². The van der Waals surface area contributed by atoms with Gasteiger partial charge in [-0.2, -0.15) is 5.26 Å². The predicted molar refractivity (Wildman–Crippen MR) is 96.2 cm³/mol. The van der Waals surface area contributed by atoms with Crippen LogP contribution >= 0.6 is 15.9 Å². The number of aromatic nitrogens is 1. The van der Waals surface area contributed by atoms with Gasteiger partial charge in [-0.1, -0.05) is 15.9 Å². The fourth-order valence-electron chi connectivity index (χ4n) is 2.49. The van der Waals surface area contributed by atoms with Crippen LogP contribution in [0.1, 0.15) is 41.4 Å². The van der Waals surface area contributed by atoms with E-state index < -0.39 is 23.3 Å². The minimum Gasteiger partial charge on any atom is -0.494 e. The topological polar surface area (TPSA) is 92.3 Å². The molecule has 25 heavy (non-hydrogen) atoms. The summed E-state index contributed by atoms with van der Waals surface area (Å²) in [6.07, 6.45) is 0. The van der Waals surface area contributed by atoms with Crippen LogP contribution in [0.2, 0.25) is 0 Å². The fraction of sp³-hybridized carbons (Fsp3) is 0.278. The normalized spacial score (nSPS) is 10.6. The molecule has 0 aliphatic carbocycles. The number of Topliss-reactive ketones (excluding diaryl/α,β-unsaturated/α-hetero) is 1. The molecule has 0 fully saturated rings. The molecule has 0 bridgehead atoms. The number of carbonyl (C=O) groups excluding carboxylic acids is 1. The van der Waals surface area contributed by atoms with E-state index in [1.165, 1.54) is 6.92 Å². The molecule has 0 radical (unpaired) electrons. The van der Waals surface area contributed by atoms with Gasteiger partial charge in [0.15, 0.2) is 6.61 Å². The van der Waals surface area contributed by atoms with Crippen molar-refractivity contribution >= 4 is 21.7 Å². The molecule has 0 aliphatic heterocycles. The molecule has 6 nitrogen and oxygen atoms in total. The Balaban J connectivity index is 2.42. The third-order valence-corrected chi connectivity index (χ3v) is 4.25. The van der Waals surface area contributed by atoms with Gasteiger partial charge in [0.05, 0.1) is 5.56 Å². The number of aromatic hydroxyl groups is 1. The molecule has 0 aliphatic rings. The first kappa shape index (κ1) is 18.7. The number of carbonyl (C=O) groups is 1. The monoisotopic (exact) mass is 404 g/mol. The Kier molecular flexibility index (Phi) is 5.65. The standard InChI is InChI=1S/C18H17BrN2O4/c1-10(2)21-17(23)14(8-20)11(3)16(18(21)24)15(22)9-25-13-6-4-12(19)5-7-13/h4-7,10,24H,9H2,1-3H3. The van der Waals surface area contributed by atoms with Crippen LogP contribution in [-0.2, 0) is 0 Å². The van der Waals surface area contributed by atoms with Crippen molar-refractivity contribution in [3.63, 3.8) is 0 Å². The van der Waals surface area contributed by atoms with Gasteiger partial charge in [0.25, 0.3) is 5.56 Å². The molecule has 7 heteroatoms. The number of halogens is 1. The highest BCUT2D eigenvalue weighted by Crippen LogP contribution is 2.25. The molecule has 0 saturated heterocycles. The van der Waals surface area contributed by atoms with E-state index in [0.717, 1.165) is 9.04 Å². The summed E-state index contributed by atoms with van der Waals surface area (Å²) in [7, 11) is 0. The molecular weight excluding hydrogens is 388 g/mol. The summed E-state index contributed by atoms with van der Waals surface area (Å²) in [4.78, 5) is 24.9. The molecule has 2 aromatic rings. The predicted octanol–water partition coefficient (Wildman–Crippen LogP) is 3.34. The highest BCUT2D eigenvalue weighted by Gasteiger charge is 2.25. The maximum absolute atomic E-state index is 12.6. The van der Waals surface area contributed by atoms with E-state index >= 15 is 0 Å². The first-order valence-electron chi connectivity index (χ1n) is 7.57. The molecule has 1 aromatic carbocycles. The maximum atomic E-state index is 12.6. The van der Waals surface area contributed by atoms with E-state index in [0.29, 0.717) is 5.75 Å². The second-order valence-corrected chi connectivity index (χ2v) is 6.66. The smallest absolute Gasteiger partial charge is 0.271 e. The average molecular weight is 405 g/mol. The molecule has 2 rings (SSSR count). The van der Waals surface area contributed by atoms with Crippen LogP contribution in [0.15, 0.2) is 33.5 Å². The minimum absolute atomic E-state index is 0.0676. The van der Waals surface area contributed by atoms with Gasteiger partial charge < -0.3 is 9.84 Å². The zero-order chi connectivity index (χ0) is 18.7. The van der Waals surface area contributed by atoms with Crippen molar-refractivity contribution in [2.75, 3.05) is 6.61 Å². The molecule has 1 heterocycles. The van der Waals surface area contributed by atoms with Gasteiger partial charge in [-0.15, -0.1) is 0 Å². The number of rotatable bonds is 5. The van der Waals surface area contributed by atoms with Crippen LogP contribution in [0.3, 0.4) is 0 Å². The van der Waals surface area contributed by atoms with Crippen LogP contribution in [0.25, 0.3) is 0 Å². The van der Waals surface area contributed by atoms with Gasteiger partial charge in [-0.25, -0.2) is 0 Å². The summed E-state index contributed by atoms with van der Waals surface area (Å²) in [6, 6.07) is 8.35. The summed E-state index contributed by atoms with van der Waals surface area (Å²) in [5.74, 6) is -0.462. The van der Waals surface area contributed by atoms with Crippen LogP contribution < -0.4 is 10.3 Å². The molecule has 0 unspecified atom stereocenters.